The van der Waals surface area contributed by atoms with Gasteiger partial charge < -0.3 is 15.2 Å². The Hall–Kier alpha value is -2.60. The molecule has 1 aromatic heterocycles. The van der Waals surface area contributed by atoms with Crippen LogP contribution >= 0.6 is 15.9 Å². The summed E-state index contributed by atoms with van der Waals surface area (Å²) < 4.78 is 0.951. The van der Waals surface area contributed by atoms with E-state index < -0.39 is 0 Å². The van der Waals surface area contributed by atoms with Gasteiger partial charge in [-0.25, -0.2) is 4.79 Å². The van der Waals surface area contributed by atoms with Crippen molar-refractivity contribution in [3.8, 4) is 0 Å². The van der Waals surface area contributed by atoms with E-state index in [-0.39, 0.29) is 17.6 Å². The minimum Gasteiger partial charge on any atom is -0.328 e. The predicted octanol–water partition coefficient (Wildman–Crippen LogP) is 4.52. The number of amides is 2. The van der Waals surface area contributed by atoms with Gasteiger partial charge in [-0.15, -0.1) is 0 Å². The molecule has 1 atom stereocenters. The van der Waals surface area contributed by atoms with Gasteiger partial charge >= 0.3 is 6.03 Å². The molecule has 0 fully saturated rings. The molecule has 6 heteroatoms. The van der Waals surface area contributed by atoms with Gasteiger partial charge in [-0.3, -0.25) is 4.79 Å². The van der Waals surface area contributed by atoms with E-state index in [1.165, 1.54) is 0 Å². The van der Waals surface area contributed by atoms with Gasteiger partial charge in [0.05, 0.1) is 6.04 Å². The van der Waals surface area contributed by atoms with Gasteiger partial charge in [0.2, 0.25) is 0 Å². The summed E-state index contributed by atoms with van der Waals surface area (Å²) in [5.41, 5.74) is 1.48. The maximum Gasteiger partial charge on any atom is 0.322 e. The molecule has 0 aliphatic heterocycles. The van der Waals surface area contributed by atoms with E-state index in [9.17, 15) is 9.59 Å². The molecule has 3 rings (SSSR count). The third-order valence-corrected chi connectivity index (χ3v) is 4.82. The molecule has 0 bridgehead atoms. The van der Waals surface area contributed by atoms with Crippen LogP contribution in [-0.2, 0) is 0 Å². The van der Waals surface area contributed by atoms with Crippen molar-refractivity contribution in [3.05, 3.63) is 75.1 Å². The lowest BCUT2D eigenvalue weighted by Gasteiger charge is -2.26. The standard InChI is InChI=1S/C19H18BrN3O2/c1-12(17-11-21-18(24)16-6-4-3-5-15(16)17)23(2)19(25)22-14-9-7-13(20)8-10-14/h3-12H,1-2H3,(H,21,24)(H,22,25)/t12-/m1/s1. The number of pyridine rings is 1. The second-order valence-corrected chi connectivity index (χ2v) is 6.76. The first kappa shape index (κ1) is 17.2. The maximum atomic E-state index is 12.5. The zero-order valence-corrected chi connectivity index (χ0v) is 15.5. The SMILES string of the molecule is C[C@H](c1c[nH]c(=O)c2ccccc12)N(C)C(=O)Nc1ccc(Br)cc1. The quantitative estimate of drug-likeness (QED) is 0.679. The van der Waals surface area contributed by atoms with Crippen LogP contribution in [0.3, 0.4) is 0 Å². The third-order valence-electron chi connectivity index (χ3n) is 4.29. The number of anilines is 1. The van der Waals surface area contributed by atoms with Crippen LogP contribution in [0.25, 0.3) is 10.8 Å². The molecule has 3 aromatic rings. The minimum atomic E-state index is -0.217. The van der Waals surface area contributed by atoms with Crippen LogP contribution < -0.4 is 10.9 Å². The zero-order chi connectivity index (χ0) is 18.0. The molecule has 0 unspecified atom stereocenters. The first-order valence-corrected chi connectivity index (χ1v) is 8.66. The van der Waals surface area contributed by atoms with Crippen molar-refractivity contribution in [2.45, 2.75) is 13.0 Å². The van der Waals surface area contributed by atoms with Crippen molar-refractivity contribution in [1.82, 2.24) is 9.88 Å². The Labute approximate surface area is 153 Å². The molecular weight excluding hydrogens is 382 g/mol. The van der Waals surface area contributed by atoms with Crippen LogP contribution in [-0.4, -0.2) is 23.0 Å². The molecule has 0 saturated heterocycles. The number of fused-ring (bicyclic) bond motifs is 1. The number of hydrogen-bond acceptors (Lipinski definition) is 2. The minimum absolute atomic E-state index is 0.131. The summed E-state index contributed by atoms with van der Waals surface area (Å²) in [5, 5.41) is 4.34. The first-order valence-electron chi connectivity index (χ1n) is 7.87. The van der Waals surface area contributed by atoms with Crippen molar-refractivity contribution in [3.63, 3.8) is 0 Å². The highest BCUT2D eigenvalue weighted by Gasteiger charge is 2.20. The molecule has 2 aromatic carbocycles. The van der Waals surface area contributed by atoms with Crippen molar-refractivity contribution in [2.75, 3.05) is 12.4 Å². The van der Waals surface area contributed by atoms with E-state index in [4.69, 9.17) is 0 Å². The average Bonchev–Trinajstić information content (AvgIpc) is 2.63. The molecule has 0 aliphatic carbocycles. The molecule has 0 saturated carbocycles. The maximum absolute atomic E-state index is 12.5. The zero-order valence-electron chi connectivity index (χ0n) is 13.9. The number of carbonyl (C=O) groups excluding carboxylic acids is 1. The number of hydrogen-bond donors (Lipinski definition) is 2. The number of rotatable bonds is 3. The predicted molar refractivity (Wildman–Crippen MR) is 104 cm³/mol. The summed E-state index contributed by atoms with van der Waals surface area (Å²) in [4.78, 5) is 28.9. The Balaban J connectivity index is 1.86. The van der Waals surface area contributed by atoms with Gasteiger partial charge in [0.1, 0.15) is 0 Å². The molecule has 2 N–H and O–H groups in total. The van der Waals surface area contributed by atoms with E-state index in [1.54, 1.807) is 24.2 Å². The van der Waals surface area contributed by atoms with Crippen LogP contribution in [0.4, 0.5) is 10.5 Å². The van der Waals surface area contributed by atoms with Crippen LogP contribution in [0.15, 0.2) is 64.0 Å². The van der Waals surface area contributed by atoms with E-state index in [2.05, 4.69) is 26.2 Å². The smallest absolute Gasteiger partial charge is 0.322 e. The number of nitrogens with zero attached hydrogens (tertiary/aromatic N) is 1. The number of H-pyrrole nitrogens is 1. The van der Waals surface area contributed by atoms with Crippen molar-refractivity contribution >= 4 is 38.4 Å². The Morgan fingerprint density at radius 2 is 1.76 bits per heavy atom. The summed E-state index contributed by atoms with van der Waals surface area (Å²) in [7, 11) is 1.73. The van der Waals surface area contributed by atoms with Crippen LogP contribution in [0.5, 0.6) is 0 Å². The second-order valence-electron chi connectivity index (χ2n) is 5.84. The van der Waals surface area contributed by atoms with Gasteiger partial charge in [-0.05, 0) is 48.2 Å². The summed E-state index contributed by atoms with van der Waals surface area (Å²) in [6.07, 6.45) is 1.68. The van der Waals surface area contributed by atoms with Crippen LogP contribution in [0.2, 0.25) is 0 Å². The lowest BCUT2D eigenvalue weighted by molar-refractivity contribution is 0.208. The summed E-state index contributed by atoms with van der Waals surface area (Å²) in [6.45, 7) is 1.93. The highest BCUT2D eigenvalue weighted by Crippen LogP contribution is 2.25. The van der Waals surface area contributed by atoms with Gasteiger partial charge in [0.15, 0.2) is 0 Å². The van der Waals surface area contributed by atoms with Gasteiger partial charge in [0.25, 0.3) is 5.56 Å². The highest BCUT2D eigenvalue weighted by molar-refractivity contribution is 9.10. The molecular formula is C19H18BrN3O2. The number of nitrogens with one attached hydrogen (secondary N) is 2. The lowest BCUT2D eigenvalue weighted by atomic mass is 10.0. The van der Waals surface area contributed by atoms with Crippen LogP contribution in [0.1, 0.15) is 18.5 Å². The number of aromatic amines is 1. The number of aromatic nitrogens is 1. The summed E-state index contributed by atoms with van der Waals surface area (Å²) >= 11 is 3.37. The number of halogens is 1. The highest BCUT2D eigenvalue weighted by atomic mass is 79.9. The lowest BCUT2D eigenvalue weighted by Crippen LogP contribution is -2.34. The van der Waals surface area contributed by atoms with E-state index >= 15 is 0 Å². The Morgan fingerprint density at radius 1 is 1.12 bits per heavy atom. The molecule has 1 heterocycles. The van der Waals surface area contributed by atoms with E-state index in [0.717, 1.165) is 21.1 Å². The number of urea groups is 1. The number of benzene rings is 2. The monoisotopic (exact) mass is 399 g/mol. The molecule has 0 spiro atoms. The normalized spacial score (nSPS) is 12.0. The van der Waals surface area contributed by atoms with E-state index in [0.29, 0.717) is 5.39 Å². The molecule has 0 aliphatic rings. The van der Waals surface area contributed by atoms with Crippen molar-refractivity contribution in [1.29, 1.82) is 0 Å². The fourth-order valence-electron chi connectivity index (χ4n) is 2.71. The molecule has 2 amide bonds. The largest absolute Gasteiger partial charge is 0.328 e. The van der Waals surface area contributed by atoms with Gasteiger partial charge in [0, 0.05) is 28.8 Å². The van der Waals surface area contributed by atoms with Gasteiger partial charge in [-0.1, -0.05) is 34.1 Å². The third kappa shape index (κ3) is 3.58. The molecule has 128 valence electrons. The van der Waals surface area contributed by atoms with E-state index in [1.807, 2.05) is 49.4 Å². The topological polar surface area (TPSA) is 65.2 Å². The van der Waals surface area contributed by atoms with Crippen LogP contribution in [0, 0.1) is 0 Å². The fourth-order valence-corrected chi connectivity index (χ4v) is 2.97. The molecule has 25 heavy (non-hydrogen) atoms. The van der Waals surface area contributed by atoms with Crippen molar-refractivity contribution < 1.29 is 4.79 Å². The van der Waals surface area contributed by atoms with Gasteiger partial charge in [-0.2, -0.15) is 0 Å². The average molecular weight is 400 g/mol. The second kappa shape index (κ2) is 7.11. The molecule has 5 nitrogen and oxygen atoms in total. The first-order chi connectivity index (χ1) is 12.0. The summed E-state index contributed by atoms with van der Waals surface area (Å²) in [5.74, 6) is 0. The van der Waals surface area contributed by atoms with Crippen molar-refractivity contribution in [2.24, 2.45) is 0 Å². The fraction of sp³-hybridized carbons (Fsp3) is 0.158. The molecule has 0 radical (unpaired) electrons. The summed E-state index contributed by atoms with van der Waals surface area (Å²) in [6, 6.07) is 14.4. The Morgan fingerprint density at radius 3 is 2.44 bits per heavy atom. The number of carbonyl (C=O) groups is 1. The Bertz CT molecular complexity index is 966. The Kier molecular flexibility index (Phi) is 4.90.